The molecule has 6 nitrogen and oxygen atoms in total. The van der Waals surface area contributed by atoms with Gasteiger partial charge in [0.2, 0.25) is 10.0 Å². The van der Waals surface area contributed by atoms with E-state index in [0.717, 1.165) is 0 Å². The van der Waals surface area contributed by atoms with E-state index in [1.54, 1.807) is 43.3 Å². The molecule has 0 aliphatic carbocycles. The van der Waals surface area contributed by atoms with Crippen LogP contribution in [-0.4, -0.2) is 14.5 Å². The fourth-order valence-corrected chi connectivity index (χ4v) is 2.18. The van der Waals surface area contributed by atoms with E-state index in [1.807, 2.05) is 0 Å². The summed E-state index contributed by atoms with van der Waals surface area (Å²) >= 11 is 0. The standard InChI is InChI=1S/C14H14N2O4S/c1-10-7-8-12(21(15,18)19)9-13(10)16-14(17)20-11-5-3-2-4-6-11/h2-9H,1H3,(H,16,17)(H2,15,18,19). The van der Waals surface area contributed by atoms with Gasteiger partial charge in [0.05, 0.1) is 4.90 Å². The van der Waals surface area contributed by atoms with Gasteiger partial charge in [0.1, 0.15) is 5.75 Å². The van der Waals surface area contributed by atoms with Crippen LogP contribution in [0.2, 0.25) is 0 Å². The van der Waals surface area contributed by atoms with Gasteiger partial charge in [-0.25, -0.2) is 18.4 Å². The molecular formula is C14H14N2O4S. The van der Waals surface area contributed by atoms with Gasteiger partial charge >= 0.3 is 6.09 Å². The summed E-state index contributed by atoms with van der Waals surface area (Å²) in [5, 5.41) is 7.55. The van der Waals surface area contributed by atoms with Crippen LogP contribution in [0.3, 0.4) is 0 Å². The zero-order valence-electron chi connectivity index (χ0n) is 11.2. The third-order valence-corrected chi connectivity index (χ3v) is 3.64. The van der Waals surface area contributed by atoms with Gasteiger partial charge in [0, 0.05) is 5.69 Å². The summed E-state index contributed by atoms with van der Waals surface area (Å²) in [5.41, 5.74) is 1.01. The van der Waals surface area contributed by atoms with Crippen LogP contribution < -0.4 is 15.2 Å². The normalized spacial score (nSPS) is 11.0. The number of ether oxygens (including phenoxy) is 1. The van der Waals surface area contributed by atoms with Crippen molar-refractivity contribution in [3.05, 3.63) is 54.1 Å². The van der Waals surface area contributed by atoms with Crippen LogP contribution in [0.25, 0.3) is 0 Å². The Morgan fingerprint density at radius 3 is 2.43 bits per heavy atom. The van der Waals surface area contributed by atoms with Crippen molar-refractivity contribution < 1.29 is 17.9 Å². The number of hydrogen-bond donors (Lipinski definition) is 2. The fraction of sp³-hybridized carbons (Fsp3) is 0.0714. The van der Waals surface area contributed by atoms with E-state index < -0.39 is 16.1 Å². The molecule has 0 radical (unpaired) electrons. The molecular weight excluding hydrogens is 292 g/mol. The Bertz CT molecular complexity index is 758. The molecule has 0 unspecified atom stereocenters. The van der Waals surface area contributed by atoms with Gasteiger partial charge in [0.25, 0.3) is 0 Å². The van der Waals surface area contributed by atoms with Crippen molar-refractivity contribution in [1.82, 2.24) is 0 Å². The summed E-state index contributed by atoms with van der Waals surface area (Å²) in [6.07, 6.45) is -0.712. The van der Waals surface area contributed by atoms with Gasteiger partial charge in [-0.1, -0.05) is 24.3 Å². The molecule has 2 aromatic rings. The molecule has 2 rings (SSSR count). The average Bonchev–Trinajstić information content (AvgIpc) is 2.41. The minimum Gasteiger partial charge on any atom is -0.410 e. The molecule has 2 aromatic carbocycles. The summed E-state index contributed by atoms with van der Waals surface area (Å²) in [4.78, 5) is 11.7. The second-order valence-electron chi connectivity index (χ2n) is 4.35. The number of carbonyl (C=O) groups is 1. The van der Waals surface area contributed by atoms with E-state index in [0.29, 0.717) is 17.0 Å². The molecule has 0 aromatic heterocycles. The molecule has 0 heterocycles. The molecule has 0 bridgehead atoms. The third-order valence-electron chi connectivity index (χ3n) is 2.73. The van der Waals surface area contributed by atoms with Crippen molar-refractivity contribution in [2.45, 2.75) is 11.8 Å². The molecule has 0 saturated carbocycles. The quantitative estimate of drug-likeness (QED) is 0.908. The summed E-state index contributed by atoms with van der Waals surface area (Å²) < 4.78 is 27.7. The van der Waals surface area contributed by atoms with Crippen molar-refractivity contribution in [3.8, 4) is 5.75 Å². The van der Waals surface area contributed by atoms with Crippen molar-refractivity contribution in [1.29, 1.82) is 0 Å². The maximum Gasteiger partial charge on any atom is 0.417 e. The van der Waals surface area contributed by atoms with Crippen LogP contribution in [0.5, 0.6) is 5.75 Å². The van der Waals surface area contributed by atoms with E-state index in [1.165, 1.54) is 12.1 Å². The highest BCUT2D eigenvalue weighted by Crippen LogP contribution is 2.20. The molecule has 0 saturated heterocycles. The molecule has 21 heavy (non-hydrogen) atoms. The molecule has 0 spiro atoms. The predicted octanol–water partition coefficient (Wildman–Crippen LogP) is 2.25. The van der Waals surface area contributed by atoms with Crippen molar-refractivity contribution in [3.63, 3.8) is 0 Å². The number of aryl methyl sites for hydroxylation is 1. The van der Waals surface area contributed by atoms with Gasteiger partial charge in [-0.15, -0.1) is 0 Å². The first-order chi connectivity index (χ1) is 9.86. The van der Waals surface area contributed by atoms with Crippen LogP contribution in [0, 0.1) is 6.92 Å². The minimum atomic E-state index is -3.83. The number of nitrogens with two attached hydrogens (primary N) is 1. The van der Waals surface area contributed by atoms with E-state index in [4.69, 9.17) is 9.88 Å². The fourth-order valence-electron chi connectivity index (χ4n) is 1.64. The topological polar surface area (TPSA) is 98.5 Å². The monoisotopic (exact) mass is 306 g/mol. The Labute approximate surface area is 122 Å². The van der Waals surface area contributed by atoms with Gasteiger partial charge < -0.3 is 4.74 Å². The average molecular weight is 306 g/mol. The lowest BCUT2D eigenvalue weighted by molar-refractivity contribution is 0.215. The molecule has 0 aliphatic rings. The summed E-state index contributed by atoms with van der Waals surface area (Å²) in [5.74, 6) is 0.384. The highest BCUT2D eigenvalue weighted by molar-refractivity contribution is 7.89. The molecule has 3 N–H and O–H groups in total. The lowest BCUT2D eigenvalue weighted by atomic mass is 10.2. The zero-order valence-corrected chi connectivity index (χ0v) is 12.1. The number of amides is 1. The number of benzene rings is 2. The molecule has 7 heteroatoms. The van der Waals surface area contributed by atoms with Crippen LogP contribution in [-0.2, 0) is 10.0 Å². The number of anilines is 1. The highest BCUT2D eigenvalue weighted by atomic mass is 32.2. The Morgan fingerprint density at radius 1 is 1.14 bits per heavy atom. The molecule has 110 valence electrons. The number of para-hydroxylation sites is 1. The van der Waals surface area contributed by atoms with Crippen LogP contribution in [0.1, 0.15) is 5.56 Å². The van der Waals surface area contributed by atoms with E-state index in [2.05, 4.69) is 5.32 Å². The number of hydrogen-bond acceptors (Lipinski definition) is 4. The molecule has 0 atom stereocenters. The summed E-state index contributed by atoms with van der Waals surface area (Å²) in [6.45, 7) is 1.73. The van der Waals surface area contributed by atoms with Gasteiger partial charge in [0.15, 0.2) is 0 Å². The Balaban J connectivity index is 2.17. The SMILES string of the molecule is Cc1ccc(S(N)(=O)=O)cc1NC(=O)Oc1ccccc1. The second-order valence-corrected chi connectivity index (χ2v) is 5.91. The van der Waals surface area contributed by atoms with Crippen molar-refractivity contribution >= 4 is 21.8 Å². The number of carbonyl (C=O) groups excluding carboxylic acids is 1. The third kappa shape index (κ3) is 4.04. The van der Waals surface area contributed by atoms with E-state index in [9.17, 15) is 13.2 Å². The molecule has 1 amide bonds. The summed E-state index contributed by atoms with van der Waals surface area (Å²) in [6, 6.07) is 12.7. The smallest absolute Gasteiger partial charge is 0.410 e. The first kappa shape index (κ1) is 15.0. The van der Waals surface area contributed by atoms with Gasteiger partial charge in [-0.05, 0) is 36.8 Å². The van der Waals surface area contributed by atoms with Gasteiger partial charge in [-0.3, -0.25) is 5.32 Å². The van der Waals surface area contributed by atoms with E-state index in [-0.39, 0.29) is 4.90 Å². The maximum atomic E-state index is 11.8. The Kier molecular flexibility index (Phi) is 4.25. The number of rotatable bonds is 3. The summed E-state index contributed by atoms with van der Waals surface area (Å²) in [7, 11) is -3.83. The minimum absolute atomic E-state index is 0.0805. The van der Waals surface area contributed by atoms with Crippen molar-refractivity contribution in [2.24, 2.45) is 5.14 Å². The maximum absolute atomic E-state index is 11.8. The van der Waals surface area contributed by atoms with Crippen molar-refractivity contribution in [2.75, 3.05) is 5.32 Å². The highest BCUT2D eigenvalue weighted by Gasteiger charge is 2.12. The van der Waals surface area contributed by atoms with Crippen LogP contribution in [0.4, 0.5) is 10.5 Å². The Hall–Kier alpha value is -2.38. The molecule has 0 fully saturated rings. The lowest BCUT2D eigenvalue weighted by Crippen LogP contribution is -2.18. The zero-order chi connectivity index (χ0) is 15.5. The predicted molar refractivity (Wildman–Crippen MR) is 78.6 cm³/mol. The number of sulfonamides is 1. The first-order valence-electron chi connectivity index (χ1n) is 6.03. The second kappa shape index (κ2) is 5.94. The Morgan fingerprint density at radius 2 is 1.81 bits per heavy atom. The van der Waals surface area contributed by atoms with Crippen LogP contribution >= 0.6 is 0 Å². The molecule has 0 aliphatic heterocycles. The lowest BCUT2D eigenvalue weighted by Gasteiger charge is -2.10. The first-order valence-corrected chi connectivity index (χ1v) is 7.58. The van der Waals surface area contributed by atoms with Gasteiger partial charge in [-0.2, -0.15) is 0 Å². The number of nitrogens with one attached hydrogen (secondary N) is 1. The van der Waals surface area contributed by atoms with Crippen LogP contribution in [0.15, 0.2) is 53.4 Å². The number of primary sulfonamides is 1. The largest absolute Gasteiger partial charge is 0.417 e. The van der Waals surface area contributed by atoms with E-state index >= 15 is 0 Å².